The van der Waals surface area contributed by atoms with Crippen LogP contribution in [0.1, 0.15) is 31.2 Å². The molecule has 0 aromatic heterocycles. The summed E-state index contributed by atoms with van der Waals surface area (Å²) < 4.78 is 0. The van der Waals surface area contributed by atoms with Crippen LogP contribution in [0.25, 0.3) is 0 Å². The van der Waals surface area contributed by atoms with E-state index in [0.717, 1.165) is 38.0 Å². The molecule has 0 aliphatic carbocycles. The highest BCUT2D eigenvalue weighted by Gasteiger charge is 2.27. The number of aliphatic carboxylic acids is 1. The minimum Gasteiger partial charge on any atom is -0.481 e. The predicted molar refractivity (Wildman–Crippen MR) is 80.0 cm³/mol. The third kappa shape index (κ3) is 3.81. The summed E-state index contributed by atoms with van der Waals surface area (Å²) in [5, 5.41) is 12.9. The molecule has 4 nitrogen and oxygen atoms in total. The van der Waals surface area contributed by atoms with Gasteiger partial charge in [-0.3, -0.25) is 9.69 Å². The van der Waals surface area contributed by atoms with Gasteiger partial charge in [-0.1, -0.05) is 37.3 Å². The topological polar surface area (TPSA) is 52.6 Å². The van der Waals surface area contributed by atoms with Crippen molar-refractivity contribution < 1.29 is 9.90 Å². The second-order valence-corrected chi connectivity index (χ2v) is 5.37. The van der Waals surface area contributed by atoms with Crippen LogP contribution in [0, 0.1) is 0 Å². The van der Waals surface area contributed by atoms with Crippen LogP contribution in [-0.4, -0.2) is 48.2 Å². The minimum atomic E-state index is -0.733. The van der Waals surface area contributed by atoms with Crippen molar-refractivity contribution in [3.05, 3.63) is 35.9 Å². The van der Waals surface area contributed by atoms with E-state index in [0.29, 0.717) is 12.6 Å². The maximum absolute atomic E-state index is 11.6. The Kier molecular flexibility index (Phi) is 5.56. The van der Waals surface area contributed by atoms with E-state index in [1.807, 2.05) is 30.3 Å². The third-order valence-corrected chi connectivity index (χ3v) is 4.15. The van der Waals surface area contributed by atoms with E-state index in [1.165, 1.54) is 0 Å². The summed E-state index contributed by atoms with van der Waals surface area (Å²) in [6, 6.07) is 10.1. The Balaban J connectivity index is 2.08. The number of carboxylic acid groups (broad SMARTS) is 1. The lowest BCUT2D eigenvalue weighted by Crippen LogP contribution is -2.45. The molecule has 1 saturated heterocycles. The van der Waals surface area contributed by atoms with Crippen molar-refractivity contribution >= 4 is 5.97 Å². The maximum Gasteiger partial charge on any atom is 0.312 e. The van der Waals surface area contributed by atoms with Gasteiger partial charge in [-0.05, 0) is 38.0 Å². The molecule has 1 aromatic carbocycles. The van der Waals surface area contributed by atoms with E-state index >= 15 is 0 Å². The van der Waals surface area contributed by atoms with Gasteiger partial charge in [-0.25, -0.2) is 0 Å². The zero-order valence-corrected chi connectivity index (χ0v) is 12.1. The first kappa shape index (κ1) is 15.0. The Morgan fingerprint density at radius 3 is 2.55 bits per heavy atom. The number of nitrogens with zero attached hydrogens (tertiary/aromatic N) is 1. The molecule has 0 saturated carbocycles. The fourth-order valence-electron chi connectivity index (χ4n) is 2.95. The highest BCUT2D eigenvalue weighted by atomic mass is 16.4. The van der Waals surface area contributed by atoms with Crippen molar-refractivity contribution in [3.8, 4) is 0 Å². The summed E-state index contributed by atoms with van der Waals surface area (Å²) in [5.74, 6) is -1.17. The van der Waals surface area contributed by atoms with Crippen LogP contribution in [0.5, 0.6) is 0 Å². The number of likely N-dealkylation sites (N-methyl/N-ethyl adjacent to an activating group) is 1. The molecule has 1 unspecified atom stereocenters. The Labute approximate surface area is 120 Å². The van der Waals surface area contributed by atoms with E-state index in [4.69, 9.17) is 0 Å². The van der Waals surface area contributed by atoms with Gasteiger partial charge in [0.25, 0.3) is 0 Å². The van der Waals surface area contributed by atoms with E-state index < -0.39 is 11.9 Å². The van der Waals surface area contributed by atoms with Crippen LogP contribution in [-0.2, 0) is 4.79 Å². The van der Waals surface area contributed by atoms with Crippen molar-refractivity contribution in [3.63, 3.8) is 0 Å². The summed E-state index contributed by atoms with van der Waals surface area (Å²) in [5.41, 5.74) is 0.896. The quantitative estimate of drug-likeness (QED) is 0.833. The van der Waals surface area contributed by atoms with Crippen LogP contribution >= 0.6 is 0 Å². The van der Waals surface area contributed by atoms with Gasteiger partial charge in [0, 0.05) is 12.6 Å². The summed E-state index contributed by atoms with van der Waals surface area (Å²) >= 11 is 0. The van der Waals surface area contributed by atoms with Gasteiger partial charge in [0.05, 0.1) is 5.92 Å². The van der Waals surface area contributed by atoms with Gasteiger partial charge in [-0.2, -0.15) is 0 Å². The maximum atomic E-state index is 11.6. The molecule has 1 aromatic rings. The molecule has 0 bridgehead atoms. The largest absolute Gasteiger partial charge is 0.481 e. The molecule has 0 spiro atoms. The molecular weight excluding hydrogens is 252 g/mol. The van der Waals surface area contributed by atoms with Crippen molar-refractivity contribution in [1.29, 1.82) is 0 Å². The van der Waals surface area contributed by atoms with Crippen LogP contribution in [0.3, 0.4) is 0 Å². The second kappa shape index (κ2) is 7.41. The zero-order chi connectivity index (χ0) is 14.4. The standard InChI is InChI=1S/C16H24N2O2/c1-2-18(14-8-10-17-11-9-14)12-15(16(19)20)13-6-4-3-5-7-13/h3-7,14-15,17H,2,8-12H2,1H3,(H,19,20). The van der Waals surface area contributed by atoms with E-state index in [-0.39, 0.29) is 0 Å². The molecular formula is C16H24N2O2. The molecule has 1 aliphatic rings. The van der Waals surface area contributed by atoms with E-state index in [2.05, 4.69) is 17.1 Å². The molecule has 0 amide bonds. The van der Waals surface area contributed by atoms with Crippen LogP contribution in [0.15, 0.2) is 30.3 Å². The Bertz CT molecular complexity index is 416. The van der Waals surface area contributed by atoms with Crippen LogP contribution in [0.2, 0.25) is 0 Å². The van der Waals surface area contributed by atoms with Gasteiger partial charge in [0.2, 0.25) is 0 Å². The van der Waals surface area contributed by atoms with Crippen molar-refractivity contribution in [1.82, 2.24) is 10.2 Å². The number of hydrogen-bond acceptors (Lipinski definition) is 3. The molecule has 0 radical (unpaired) electrons. The van der Waals surface area contributed by atoms with Crippen LogP contribution < -0.4 is 5.32 Å². The average Bonchev–Trinajstić information content (AvgIpc) is 2.50. The molecule has 2 N–H and O–H groups in total. The van der Waals surface area contributed by atoms with Crippen molar-refractivity contribution in [2.45, 2.75) is 31.7 Å². The van der Waals surface area contributed by atoms with Gasteiger partial charge in [0.15, 0.2) is 0 Å². The number of piperidine rings is 1. The predicted octanol–water partition coefficient (Wildman–Crippen LogP) is 1.93. The first-order valence-corrected chi connectivity index (χ1v) is 7.45. The highest BCUT2D eigenvalue weighted by Crippen LogP contribution is 2.21. The first-order valence-electron chi connectivity index (χ1n) is 7.45. The number of benzene rings is 1. The Morgan fingerprint density at radius 1 is 1.35 bits per heavy atom. The monoisotopic (exact) mass is 276 g/mol. The van der Waals surface area contributed by atoms with Crippen LogP contribution in [0.4, 0.5) is 0 Å². The van der Waals surface area contributed by atoms with Gasteiger partial charge < -0.3 is 10.4 Å². The molecule has 2 rings (SSSR count). The summed E-state index contributed by atoms with van der Waals surface area (Å²) in [6.45, 7) is 5.68. The number of carboxylic acids is 1. The number of rotatable bonds is 6. The highest BCUT2D eigenvalue weighted by molar-refractivity contribution is 5.76. The molecule has 20 heavy (non-hydrogen) atoms. The first-order chi connectivity index (χ1) is 9.72. The minimum absolute atomic E-state index is 0.439. The third-order valence-electron chi connectivity index (χ3n) is 4.15. The van der Waals surface area contributed by atoms with Crippen molar-refractivity contribution in [2.75, 3.05) is 26.2 Å². The lowest BCUT2D eigenvalue weighted by molar-refractivity contribution is -0.139. The molecule has 1 atom stereocenters. The van der Waals surface area contributed by atoms with E-state index in [1.54, 1.807) is 0 Å². The zero-order valence-electron chi connectivity index (χ0n) is 12.1. The molecule has 110 valence electrons. The molecule has 4 heteroatoms. The smallest absolute Gasteiger partial charge is 0.312 e. The normalized spacial score (nSPS) is 18.1. The summed E-state index contributed by atoms with van der Waals surface area (Å²) in [6.07, 6.45) is 2.21. The lowest BCUT2D eigenvalue weighted by Gasteiger charge is -2.35. The second-order valence-electron chi connectivity index (χ2n) is 5.37. The van der Waals surface area contributed by atoms with Crippen molar-refractivity contribution in [2.24, 2.45) is 0 Å². The van der Waals surface area contributed by atoms with E-state index in [9.17, 15) is 9.90 Å². The fourth-order valence-corrected chi connectivity index (χ4v) is 2.95. The van der Waals surface area contributed by atoms with Gasteiger partial charge >= 0.3 is 5.97 Å². The Hall–Kier alpha value is -1.39. The molecule has 1 heterocycles. The average molecular weight is 276 g/mol. The van der Waals surface area contributed by atoms with Gasteiger partial charge in [0.1, 0.15) is 0 Å². The molecule has 1 fully saturated rings. The summed E-state index contributed by atoms with van der Waals surface area (Å²) in [4.78, 5) is 13.9. The fraction of sp³-hybridized carbons (Fsp3) is 0.562. The number of carbonyl (C=O) groups is 1. The molecule has 1 aliphatic heterocycles. The number of hydrogen-bond donors (Lipinski definition) is 2. The SMILES string of the molecule is CCN(CC(C(=O)O)c1ccccc1)C1CCNCC1. The van der Waals surface area contributed by atoms with Gasteiger partial charge in [-0.15, -0.1) is 0 Å². The summed E-state index contributed by atoms with van der Waals surface area (Å²) in [7, 11) is 0. The lowest BCUT2D eigenvalue weighted by atomic mass is 9.96. The number of nitrogens with one attached hydrogen (secondary N) is 1. The Morgan fingerprint density at radius 2 is 2.00 bits per heavy atom.